The van der Waals surface area contributed by atoms with Crippen LogP contribution in [-0.2, 0) is 9.53 Å². The van der Waals surface area contributed by atoms with Gasteiger partial charge in [-0.1, -0.05) is 7.43 Å². The van der Waals surface area contributed by atoms with E-state index in [9.17, 15) is 4.79 Å². The van der Waals surface area contributed by atoms with E-state index in [1.807, 2.05) is 0 Å². The van der Waals surface area contributed by atoms with Crippen LogP contribution in [0, 0.1) is 0 Å². The minimum Gasteiger partial charge on any atom is -0.466 e. The standard InChI is InChI=1S/C4H8O2.CH2Cl2.CH4/c1-3-6-4(2)5;2-1-3;/h3H2,1-2H3;1H2;1H4. The quantitative estimate of drug-likeness (QED) is 0.468. The van der Waals surface area contributed by atoms with Crippen LogP contribution in [0.1, 0.15) is 21.3 Å². The Balaban J connectivity index is -0.000000107. The summed E-state index contributed by atoms with van der Waals surface area (Å²) in [7, 11) is 0. The number of hydrogen-bond acceptors (Lipinski definition) is 2. The lowest BCUT2D eigenvalue weighted by molar-refractivity contribution is -0.140. The summed E-state index contributed by atoms with van der Waals surface area (Å²) in [5.74, 6) is -0.211. The van der Waals surface area contributed by atoms with Crippen molar-refractivity contribution in [2.45, 2.75) is 21.3 Å². The van der Waals surface area contributed by atoms with Crippen LogP contribution in [-0.4, -0.2) is 17.9 Å². The van der Waals surface area contributed by atoms with Crippen LogP contribution in [0.15, 0.2) is 0 Å². The number of alkyl halides is 2. The van der Waals surface area contributed by atoms with Gasteiger partial charge in [-0.15, -0.1) is 23.2 Å². The Morgan fingerprint density at radius 2 is 1.80 bits per heavy atom. The van der Waals surface area contributed by atoms with E-state index in [1.54, 1.807) is 6.92 Å². The summed E-state index contributed by atoms with van der Waals surface area (Å²) >= 11 is 9.53. The Morgan fingerprint density at radius 1 is 1.50 bits per heavy atom. The molecule has 0 aliphatic rings. The molecular weight excluding hydrogens is 175 g/mol. The molecule has 10 heavy (non-hydrogen) atoms. The molecule has 2 nitrogen and oxygen atoms in total. The summed E-state index contributed by atoms with van der Waals surface area (Å²) < 4.78 is 4.40. The Morgan fingerprint density at radius 3 is 1.80 bits per heavy atom. The number of halogens is 2. The summed E-state index contributed by atoms with van der Waals surface area (Å²) in [6.45, 7) is 3.65. The Labute approximate surface area is 72.5 Å². The van der Waals surface area contributed by atoms with E-state index in [0.717, 1.165) is 0 Å². The molecule has 0 aromatic rings. The molecule has 0 amide bonds. The summed E-state index contributed by atoms with van der Waals surface area (Å²) in [4.78, 5) is 9.82. The van der Waals surface area contributed by atoms with Gasteiger partial charge in [-0.05, 0) is 6.92 Å². The van der Waals surface area contributed by atoms with Crippen LogP contribution in [0.4, 0.5) is 0 Å². The summed E-state index contributed by atoms with van der Waals surface area (Å²) in [6.07, 6.45) is 0. The highest BCUT2D eigenvalue weighted by molar-refractivity contribution is 6.40. The number of hydrogen-bond donors (Lipinski definition) is 0. The molecule has 0 radical (unpaired) electrons. The maximum absolute atomic E-state index is 9.82. The smallest absolute Gasteiger partial charge is 0.302 e. The van der Waals surface area contributed by atoms with Gasteiger partial charge >= 0.3 is 5.97 Å². The lowest BCUT2D eigenvalue weighted by Gasteiger charge is -1.89. The fraction of sp³-hybridized carbons (Fsp3) is 0.833. The first kappa shape index (κ1) is 16.6. The van der Waals surface area contributed by atoms with Crippen molar-refractivity contribution in [1.29, 1.82) is 0 Å². The van der Waals surface area contributed by atoms with Crippen LogP contribution in [0.5, 0.6) is 0 Å². The third kappa shape index (κ3) is 43.0. The van der Waals surface area contributed by atoms with Gasteiger partial charge in [0.25, 0.3) is 0 Å². The van der Waals surface area contributed by atoms with Crippen LogP contribution in [0.25, 0.3) is 0 Å². The lowest BCUT2D eigenvalue weighted by atomic mass is 10.8. The summed E-state index contributed by atoms with van der Waals surface area (Å²) in [6, 6.07) is 0. The minimum absolute atomic E-state index is 0. The van der Waals surface area contributed by atoms with E-state index in [2.05, 4.69) is 4.74 Å². The predicted molar refractivity (Wildman–Crippen MR) is 45.6 cm³/mol. The van der Waals surface area contributed by atoms with Crippen molar-refractivity contribution < 1.29 is 9.53 Å². The Bertz CT molecular complexity index is 66.8. The van der Waals surface area contributed by atoms with Gasteiger partial charge in [0.15, 0.2) is 0 Å². The molecule has 0 aliphatic carbocycles. The van der Waals surface area contributed by atoms with Crippen LogP contribution in [0.3, 0.4) is 0 Å². The van der Waals surface area contributed by atoms with Gasteiger partial charge in [-0.3, -0.25) is 4.79 Å². The van der Waals surface area contributed by atoms with Crippen molar-refractivity contribution in [3.63, 3.8) is 0 Å². The normalized spacial score (nSPS) is 6.40. The van der Waals surface area contributed by atoms with Crippen LogP contribution >= 0.6 is 23.2 Å². The van der Waals surface area contributed by atoms with Gasteiger partial charge < -0.3 is 4.74 Å². The zero-order valence-electron chi connectivity index (χ0n) is 5.49. The molecule has 0 rings (SSSR count). The molecule has 0 unspecified atom stereocenters. The van der Waals surface area contributed by atoms with Crippen LogP contribution < -0.4 is 0 Å². The van der Waals surface area contributed by atoms with Crippen molar-refractivity contribution in [2.75, 3.05) is 11.9 Å². The van der Waals surface area contributed by atoms with Crippen molar-refractivity contribution in [3.05, 3.63) is 0 Å². The van der Waals surface area contributed by atoms with E-state index in [1.165, 1.54) is 6.92 Å². The van der Waals surface area contributed by atoms with Crippen molar-refractivity contribution >= 4 is 29.2 Å². The number of carbonyl (C=O) groups is 1. The van der Waals surface area contributed by atoms with E-state index >= 15 is 0 Å². The van der Waals surface area contributed by atoms with Gasteiger partial charge in [-0.25, -0.2) is 0 Å². The van der Waals surface area contributed by atoms with Gasteiger partial charge in [0.1, 0.15) is 0 Å². The molecule has 0 aliphatic heterocycles. The highest BCUT2D eigenvalue weighted by atomic mass is 35.5. The number of esters is 1. The first-order chi connectivity index (χ1) is 4.18. The predicted octanol–water partition coefficient (Wildman–Crippen LogP) is 2.63. The third-order valence-corrected chi connectivity index (χ3v) is 0.348. The zero-order valence-corrected chi connectivity index (χ0v) is 7.00. The molecule has 0 aromatic carbocycles. The van der Waals surface area contributed by atoms with Gasteiger partial charge in [-0.2, -0.15) is 0 Å². The van der Waals surface area contributed by atoms with E-state index in [-0.39, 0.29) is 18.7 Å². The van der Waals surface area contributed by atoms with Crippen molar-refractivity contribution in [3.8, 4) is 0 Å². The molecule has 0 spiro atoms. The Kier molecular flexibility index (Phi) is 26.5. The fourth-order valence-corrected chi connectivity index (χ4v) is 0.203. The largest absolute Gasteiger partial charge is 0.466 e. The van der Waals surface area contributed by atoms with E-state index < -0.39 is 0 Å². The van der Waals surface area contributed by atoms with Crippen LogP contribution in [0.2, 0.25) is 0 Å². The number of carbonyl (C=O) groups excluding carboxylic acids is 1. The second kappa shape index (κ2) is 16.0. The monoisotopic (exact) mass is 188 g/mol. The molecule has 0 saturated carbocycles. The molecule has 64 valence electrons. The first-order valence-corrected chi connectivity index (χ1v) is 3.51. The highest BCUT2D eigenvalue weighted by Crippen LogP contribution is 1.73. The maximum Gasteiger partial charge on any atom is 0.302 e. The number of rotatable bonds is 1. The minimum atomic E-state index is -0.211. The lowest BCUT2D eigenvalue weighted by Crippen LogP contribution is -1.95. The van der Waals surface area contributed by atoms with Gasteiger partial charge in [0.2, 0.25) is 0 Å². The SMILES string of the molecule is C.CCOC(C)=O.ClCCl. The van der Waals surface area contributed by atoms with Gasteiger partial charge in [0, 0.05) is 6.92 Å². The second-order valence-corrected chi connectivity index (χ2v) is 1.83. The molecule has 0 bridgehead atoms. The maximum atomic E-state index is 9.82. The fourth-order valence-electron chi connectivity index (χ4n) is 0.203. The van der Waals surface area contributed by atoms with E-state index in [4.69, 9.17) is 23.2 Å². The number of ether oxygens (including phenoxy) is 1. The molecule has 0 atom stereocenters. The third-order valence-electron chi connectivity index (χ3n) is 0.348. The molecule has 0 aromatic heterocycles. The molecule has 0 N–H and O–H groups in total. The van der Waals surface area contributed by atoms with Crippen molar-refractivity contribution in [1.82, 2.24) is 0 Å². The van der Waals surface area contributed by atoms with Crippen molar-refractivity contribution in [2.24, 2.45) is 0 Å². The van der Waals surface area contributed by atoms with E-state index in [0.29, 0.717) is 6.61 Å². The molecule has 4 heteroatoms. The second-order valence-electron chi connectivity index (χ2n) is 1.03. The first-order valence-electron chi connectivity index (χ1n) is 2.44. The molecule has 0 fully saturated rings. The summed E-state index contributed by atoms with van der Waals surface area (Å²) in [5.41, 5.74) is 0. The highest BCUT2D eigenvalue weighted by Gasteiger charge is 1.81. The average molecular weight is 189 g/mol. The Hall–Kier alpha value is 0.0500. The molecule has 0 saturated heterocycles. The molecular formula is C6H14Cl2O2. The topological polar surface area (TPSA) is 26.3 Å². The zero-order chi connectivity index (χ0) is 7.70. The average Bonchev–Trinajstić information content (AvgIpc) is 1.67. The summed E-state index contributed by atoms with van der Waals surface area (Å²) in [5, 5.41) is 0.194. The van der Waals surface area contributed by atoms with Gasteiger partial charge in [0.05, 0.1) is 11.9 Å². The molecule has 0 heterocycles.